The summed E-state index contributed by atoms with van der Waals surface area (Å²) < 4.78 is 56.8. The van der Waals surface area contributed by atoms with Crippen LogP contribution >= 0.6 is 0 Å². The zero-order valence-electron chi connectivity index (χ0n) is 20.4. The van der Waals surface area contributed by atoms with E-state index in [1.165, 1.54) is 12.8 Å². The molecule has 0 amide bonds. The summed E-state index contributed by atoms with van der Waals surface area (Å²) in [4.78, 5) is 0.691. The van der Waals surface area contributed by atoms with Crippen LogP contribution in [0, 0.1) is 0 Å². The summed E-state index contributed by atoms with van der Waals surface area (Å²) in [6.07, 6.45) is 10.9. The van der Waals surface area contributed by atoms with Crippen molar-refractivity contribution in [2.75, 3.05) is 26.2 Å². The molecule has 2 heterocycles. The molecule has 2 aliphatic heterocycles. The predicted octanol–water partition coefficient (Wildman–Crippen LogP) is 5.17. The lowest BCUT2D eigenvalue weighted by molar-refractivity contribution is 0.364. The van der Waals surface area contributed by atoms with E-state index in [-0.39, 0.29) is 0 Å². The van der Waals surface area contributed by atoms with E-state index in [0.29, 0.717) is 42.4 Å². The van der Waals surface area contributed by atoms with E-state index in [4.69, 9.17) is 0 Å². The second kappa shape index (κ2) is 10.3. The van der Waals surface area contributed by atoms with Crippen LogP contribution in [-0.2, 0) is 26.5 Å². The maximum Gasteiger partial charge on any atom is 0.243 e. The molecular formula is C27H36N2O4S2. The molecule has 8 heteroatoms. The van der Waals surface area contributed by atoms with Crippen LogP contribution in [0.5, 0.6) is 0 Å². The molecule has 0 saturated carbocycles. The van der Waals surface area contributed by atoms with Crippen LogP contribution in [0.2, 0.25) is 0 Å². The van der Waals surface area contributed by atoms with Crippen molar-refractivity contribution in [1.29, 1.82) is 0 Å². The van der Waals surface area contributed by atoms with Gasteiger partial charge in [0, 0.05) is 26.2 Å². The number of fused-ring (bicyclic) bond motifs is 3. The molecule has 2 saturated heterocycles. The SMILES string of the molecule is O=S(=O)(c1ccc2c(c1)Cc1cc(S(=O)(=O)N3CCCCCCC3)ccc1-2)N1CCCCCCC1. The fraction of sp³-hybridized carbons (Fsp3) is 0.556. The van der Waals surface area contributed by atoms with Crippen LogP contribution in [-0.4, -0.2) is 51.6 Å². The van der Waals surface area contributed by atoms with Gasteiger partial charge in [-0.25, -0.2) is 16.8 Å². The fourth-order valence-electron chi connectivity index (χ4n) is 5.70. The van der Waals surface area contributed by atoms with E-state index in [2.05, 4.69) is 0 Å². The van der Waals surface area contributed by atoms with Gasteiger partial charge in [0.1, 0.15) is 0 Å². The molecule has 0 aromatic heterocycles. The van der Waals surface area contributed by atoms with Crippen LogP contribution in [0.3, 0.4) is 0 Å². The van der Waals surface area contributed by atoms with E-state index in [1.807, 2.05) is 12.1 Å². The van der Waals surface area contributed by atoms with Gasteiger partial charge in [-0.15, -0.1) is 0 Å². The summed E-state index contributed by atoms with van der Waals surface area (Å²) in [6, 6.07) is 10.8. The first-order valence-corrected chi connectivity index (χ1v) is 16.0. The fourth-order valence-corrected chi connectivity index (χ4v) is 8.84. The van der Waals surface area contributed by atoms with Crippen LogP contribution in [0.15, 0.2) is 46.2 Å². The molecule has 0 bridgehead atoms. The van der Waals surface area contributed by atoms with Crippen molar-refractivity contribution >= 4 is 20.0 Å². The van der Waals surface area contributed by atoms with E-state index < -0.39 is 20.0 Å². The van der Waals surface area contributed by atoms with Gasteiger partial charge in [0.15, 0.2) is 0 Å². The van der Waals surface area contributed by atoms with E-state index >= 15 is 0 Å². The molecule has 2 aromatic carbocycles. The zero-order chi connectivity index (χ0) is 24.5. The summed E-state index contributed by atoms with van der Waals surface area (Å²) >= 11 is 0. The number of rotatable bonds is 4. The van der Waals surface area contributed by atoms with Crippen molar-refractivity contribution in [2.45, 2.75) is 80.4 Å². The van der Waals surface area contributed by atoms with Crippen molar-refractivity contribution < 1.29 is 16.8 Å². The quantitative estimate of drug-likeness (QED) is 0.480. The summed E-state index contributed by atoms with van der Waals surface area (Å²) in [5, 5.41) is 0. The molecule has 0 radical (unpaired) electrons. The average Bonchev–Trinajstić information content (AvgIpc) is 3.15. The first-order valence-electron chi connectivity index (χ1n) is 13.1. The van der Waals surface area contributed by atoms with Gasteiger partial charge >= 0.3 is 0 Å². The normalized spacial score (nSPS) is 20.8. The lowest BCUT2D eigenvalue weighted by atomic mass is 10.1. The Kier molecular flexibility index (Phi) is 7.35. The Balaban J connectivity index is 1.39. The van der Waals surface area contributed by atoms with Crippen molar-refractivity contribution in [1.82, 2.24) is 8.61 Å². The first-order chi connectivity index (χ1) is 16.9. The minimum absolute atomic E-state index is 0.345. The summed E-state index contributed by atoms with van der Waals surface area (Å²) in [5.74, 6) is 0. The average molecular weight is 517 g/mol. The van der Waals surface area contributed by atoms with Gasteiger partial charge in [0.05, 0.1) is 9.79 Å². The Morgan fingerprint density at radius 3 is 1.20 bits per heavy atom. The Morgan fingerprint density at radius 1 is 0.486 bits per heavy atom. The highest BCUT2D eigenvalue weighted by molar-refractivity contribution is 7.89. The molecule has 0 atom stereocenters. The molecule has 2 fully saturated rings. The minimum atomic E-state index is -3.53. The molecule has 3 aliphatic rings. The molecule has 35 heavy (non-hydrogen) atoms. The van der Waals surface area contributed by atoms with Gasteiger partial charge < -0.3 is 0 Å². The second-order valence-electron chi connectivity index (χ2n) is 10.2. The molecule has 0 unspecified atom stereocenters. The molecule has 5 rings (SSSR count). The Morgan fingerprint density at radius 2 is 0.829 bits per heavy atom. The number of hydrogen-bond donors (Lipinski definition) is 0. The Bertz CT molecular complexity index is 1170. The number of benzene rings is 2. The number of hydrogen-bond acceptors (Lipinski definition) is 4. The van der Waals surface area contributed by atoms with E-state index in [1.54, 1.807) is 32.9 Å². The molecular weight excluding hydrogens is 480 g/mol. The van der Waals surface area contributed by atoms with Gasteiger partial charge in [0.25, 0.3) is 0 Å². The third-order valence-electron chi connectivity index (χ3n) is 7.73. The topological polar surface area (TPSA) is 74.8 Å². The third-order valence-corrected chi connectivity index (χ3v) is 11.5. The standard InChI is InChI=1S/C27H36N2O4S2/c30-34(31,28-15-7-3-1-4-8-16-28)24-11-13-26-22(20-24)19-23-21-25(12-14-27(23)26)35(32,33)29-17-9-5-2-6-10-18-29/h11-14,20-21H,1-10,15-19H2. The maximum absolute atomic E-state index is 13.4. The van der Waals surface area contributed by atoms with E-state index in [0.717, 1.165) is 73.6 Å². The van der Waals surface area contributed by atoms with Gasteiger partial charge in [-0.3, -0.25) is 0 Å². The molecule has 6 nitrogen and oxygen atoms in total. The molecule has 0 spiro atoms. The van der Waals surface area contributed by atoms with Crippen molar-refractivity contribution in [3.8, 4) is 11.1 Å². The molecule has 2 aromatic rings. The maximum atomic E-state index is 13.4. The third kappa shape index (κ3) is 5.08. The minimum Gasteiger partial charge on any atom is -0.207 e. The molecule has 0 N–H and O–H groups in total. The summed E-state index contributed by atoms with van der Waals surface area (Å²) in [5.41, 5.74) is 3.91. The van der Waals surface area contributed by atoms with Gasteiger partial charge in [-0.1, -0.05) is 50.7 Å². The van der Waals surface area contributed by atoms with Crippen LogP contribution < -0.4 is 0 Å². The van der Waals surface area contributed by atoms with Gasteiger partial charge in [0.2, 0.25) is 20.0 Å². The zero-order valence-corrected chi connectivity index (χ0v) is 22.0. The first kappa shape index (κ1) is 24.9. The molecule has 1 aliphatic carbocycles. The highest BCUT2D eigenvalue weighted by Crippen LogP contribution is 2.39. The van der Waals surface area contributed by atoms with Crippen molar-refractivity contribution in [2.24, 2.45) is 0 Å². The van der Waals surface area contributed by atoms with Gasteiger partial charge in [-0.05, 0) is 78.6 Å². The highest BCUT2D eigenvalue weighted by atomic mass is 32.2. The predicted molar refractivity (Wildman–Crippen MR) is 138 cm³/mol. The van der Waals surface area contributed by atoms with Crippen LogP contribution in [0.4, 0.5) is 0 Å². The Labute approximate surface area is 210 Å². The number of sulfonamides is 2. The lowest BCUT2D eigenvalue weighted by Crippen LogP contribution is -2.33. The number of nitrogens with zero attached hydrogens (tertiary/aromatic N) is 2. The van der Waals surface area contributed by atoms with Crippen LogP contribution in [0.25, 0.3) is 11.1 Å². The molecule has 190 valence electrons. The Hall–Kier alpha value is -1.74. The van der Waals surface area contributed by atoms with Gasteiger partial charge in [-0.2, -0.15) is 8.61 Å². The smallest absolute Gasteiger partial charge is 0.207 e. The summed E-state index contributed by atoms with van der Waals surface area (Å²) in [6.45, 7) is 2.32. The monoisotopic (exact) mass is 516 g/mol. The van der Waals surface area contributed by atoms with Crippen LogP contribution in [0.1, 0.15) is 75.3 Å². The second-order valence-corrected chi connectivity index (χ2v) is 14.0. The largest absolute Gasteiger partial charge is 0.243 e. The highest BCUT2D eigenvalue weighted by Gasteiger charge is 2.30. The van der Waals surface area contributed by atoms with Crippen molar-refractivity contribution in [3.05, 3.63) is 47.5 Å². The summed E-state index contributed by atoms with van der Waals surface area (Å²) in [7, 11) is -7.06. The van der Waals surface area contributed by atoms with E-state index in [9.17, 15) is 16.8 Å². The van der Waals surface area contributed by atoms with Crippen molar-refractivity contribution in [3.63, 3.8) is 0 Å². The lowest BCUT2D eigenvalue weighted by Gasteiger charge is -2.24.